The molecule has 0 spiro atoms. The number of ether oxygens (including phenoxy) is 1. The summed E-state index contributed by atoms with van der Waals surface area (Å²) >= 11 is 0. The first kappa shape index (κ1) is 13.7. The van der Waals surface area contributed by atoms with Crippen LogP contribution in [0.4, 0.5) is 0 Å². The summed E-state index contributed by atoms with van der Waals surface area (Å²) < 4.78 is 5.25. The molecule has 1 heterocycles. The normalized spacial score (nSPS) is 23.6. The third-order valence-corrected chi connectivity index (χ3v) is 4.92. The Morgan fingerprint density at radius 3 is 2.60 bits per heavy atom. The lowest BCUT2D eigenvalue weighted by atomic mass is 9.81. The lowest BCUT2D eigenvalue weighted by molar-refractivity contribution is 0.242. The van der Waals surface area contributed by atoms with E-state index in [-0.39, 0.29) is 0 Å². The van der Waals surface area contributed by atoms with E-state index in [4.69, 9.17) is 4.74 Å². The molecule has 1 aromatic carbocycles. The molecule has 0 radical (unpaired) electrons. The van der Waals surface area contributed by atoms with Gasteiger partial charge in [0.2, 0.25) is 0 Å². The van der Waals surface area contributed by atoms with E-state index in [0.717, 1.165) is 12.2 Å². The predicted octanol–water partition coefficient (Wildman–Crippen LogP) is 3.81. The highest BCUT2D eigenvalue weighted by molar-refractivity contribution is 5.32. The van der Waals surface area contributed by atoms with Crippen molar-refractivity contribution in [2.75, 3.05) is 20.7 Å². The van der Waals surface area contributed by atoms with Crippen LogP contribution in [-0.2, 0) is 6.42 Å². The van der Waals surface area contributed by atoms with Gasteiger partial charge in [0.15, 0.2) is 0 Å². The van der Waals surface area contributed by atoms with Crippen LogP contribution in [0, 0.1) is 0 Å². The van der Waals surface area contributed by atoms with Crippen LogP contribution in [0.3, 0.4) is 0 Å². The maximum Gasteiger partial charge on any atom is 0.118 e. The van der Waals surface area contributed by atoms with Crippen molar-refractivity contribution in [2.45, 2.75) is 44.6 Å². The quantitative estimate of drug-likeness (QED) is 0.775. The highest BCUT2D eigenvalue weighted by Crippen LogP contribution is 2.35. The number of hydrogen-bond acceptors (Lipinski definition) is 2. The zero-order chi connectivity index (χ0) is 13.9. The van der Waals surface area contributed by atoms with Gasteiger partial charge in [-0.25, -0.2) is 0 Å². The number of nitrogens with zero attached hydrogens (tertiary/aromatic N) is 1. The first-order chi connectivity index (χ1) is 9.78. The van der Waals surface area contributed by atoms with Crippen molar-refractivity contribution in [2.24, 2.45) is 0 Å². The first-order valence-electron chi connectivity index (χ1n) is 7.82. The van der Waals surface area contributed by atoms with Gasteiger partial charge in [-0.1, -0.05) is 23.3 Å². The minimum absolute atomic E-state index is 0.618. The Morgan fingerprint density at radius 1 is 1.10 bits per heavy atom. The molecular weight excluding hydrogens is 246 g/mol. The van der Waals surface area contributed by atoms with E-state index in [1.165, 1.54) is 44.2 Å². The standard InChI is InChI=1S/C18H25NO/c1-19-12-11-15-5-3-4-6-17(15)18(19)13-14-7-9-16(20-2)10-8-14/h7-10,18H,3-6,11-13H2,1-2H3/t18-/m0/s1. The fourth-order valence-corrected chi connectivity index (χ4v) is 3.68. The molecule has 0 fully saturated rings. The Balaban J connectivity index is 1.79. The van der Waals surface area contributed by atoms with Gasteiger partial charge < -0.3 is 4.74 Å². The Bertz CT molecular complexity index is 489. The SMILES string of the molecule is COc1ccc(C[C@H]2C3=C(CCCC3)CCN2C)cc1. The molecule has 0 N–H and O–H groups in total. The van der Waals surface area contributed by atoms with Gasteiger partial charge in [-0.05, 0) is 63.3 Å². The Hall–Kier alpha value is -1.28. The lowest BCUT2D eigenvalue weighted by Gasteiger charge is -2.39. The highest BCUT2D eigenvalue weighted by atomic mass is 16.5. The van der Waals surface area contributed by atoms with Crippen LogP contribution in [0.1, 0.15) is 37.7 Å². The number of methoxy groups -OCH3 is 1. The number of benzene rings is 1. The van der Waals surface area contributed by atoms with Crippen molar-refractivity contribution in [3.63, 3.8) is 0 Å². The minimum Gasteiger partial charge on any atom is -0.497 e. The maximum absolute atomic E-state index is 5.25. The molecule has 0 aromatic heterocycles. The van der Waals surface area contributed by atoms with Crippen LogP contribution >= 0.6 is 0 Å². The molecule has 2 aliphatic rings. The molecule has 1 aliphatic heterocycles. The van der Waals surface area contributed by atoms with E-state index < -0.39 is 0 Å². The summed E-state index contributed by atoms with van der Waals surface area (Å²) in [6, 6.07) is 9.20. The molecule has 0 saturated heterocycles. The van der Waals surface area contributed by atoms with Crippen LogP contribution < -0.4 is 4.74 Å². The average Bonchev–Trinajstić information content (AvgIpc) is 2.51. The molecule has 1 aliphatic carbocycles. The second-order valence-electron chi connectivity index (χ2n) is 6.13. The van der Waals surface area contributed by atoms with Crippen LogP contribution in [0.15, 0.2) is 35.4 Å². The molecule has 20 heavy (non-hydrogen) atoms. The zero-order valence-corrected chi connectivity index (χ0v) is 12.7. The molecule has 108 valence electrons. The number of hydrogen-bond donors (Lipinski definition) is 0. The molecule has 0 unspecified atom stereocenters. The average molecular weight is 271 g/mol. The fourth-order valence-electron chi connectivity index (χ4n) is 3.68. The Labute approximate surface area is 122 Å². The van der Waals surface area contributed by atoms with Gasteiger partial charge in [-0.15, -0.1) is 0 Å². The minimum atomic E-state index is 0.618. The van der Waals surface area contributed by atoms with E-state index >= 15 is 0 Å². The summed E-state index contributed by atoms with van der Waals surface area (Å²) in [6.45, 7) is 1.22. The lowest BCUT2D eigenvalue weighted by Crippen LogP contribution is -2.40. The predicted molar refractivity (Wildman–Crippen MR) is 83.2 cm³/mol. The summed E-state index contributed by atoms with van der Waals surface area (Å²) in [7, 11) is 4.01. The number of rotatable bonds is 3. The van der Waals surface area contributed by atoms with Crippen LogP contribution in [0.25, 0.3) is 0 Å². The van der Waals surface area contributed by atoms with Crippen molar-refractivity contribution < 1.29 is 4.74 Å². The largest absolute Gasteiger partial charge is 0.497 e. The summed E-state index contributed by atoms with van der Waals surface area (Å²) in [6.07, 6.45) is 7.89. The molecular formula is C18H25NO. The second-order valence-corrected chi connectivity index (χ2v) is 6.13. The third kappa shape index (κ3) is 2.76. The van der Waals surface area contributed by atoms with Gasteiger partial charge in [-0.3, -0.25) is 4.90 Å². The van der Waals surface area contributed by atoms with Crippen molar-refractivity contribution in [3.05, 3.63) is 41.0 Å². The van der Waals surface area contributed by atoms with E-state index in [1.54, 1.807) is 18.3 Å². The second kappa shape index (κ2) is 6.01. The van der Waals surface area contributed by atoms with Gasteiger partial charge in [0.1, 0.15) is 5.75 Å². The number of likely N-dealkylation sites (N-methyl/N-ethyl adjacent to an activating group) is 1. The molecule has 1 atom stereocenters. The Morgan fingerprint density at radius 2 is 1.85 bits per heavy atom. The highest BCUT2D eigenvalue weighted by Gasteiger charge is 2.28. The molecule has 2 nitrogen and oxygen atoms in total. The zero-order valence-electron chi connectivity index (χ0n) is 12.7. The summed E-state index contributed by atoms with van der Waals surface area (Å²) in [5.41, 5.74) is 4.94. The van der Waals surface area contributed by atoms with Gasteiger partial charge in [0.25, 0.3) is 0 Å². The smallest absolute Gasteiger partial charge is 0.118 e. The van der Waals surface area contributed by atoms with E-state index in [2.05, 4.69) is 36.2 Å². The molecule has 0 saturated carbocycles. The van der Waals surface area contributed by atoms with E-state index in [1.807, 2.05) is 0 Å². The van der Waals surface area contributed by atoms with Gasteiger partial charge in [0.05, 0.1) is 7.11 Å². The monoisotopic (exact) mass is 271 g/mol. The third-order valence-electron chi connectivity index (χ3n) is 4.92. The van der Waals surface area contributed by atoms with Crippen molar-refractivity contribution in [1.82, 2.24) is 4.90 Å². The van der Waals surface area contributed by atoms with Gasteiger partial charge in [-0.2, -0.15) is 0 Å². The molecule has 0 amide bonds. The van der Waals surface area contributed by atoms with E-state index in [9.17, 15) is 0 Å². The van der Waals surface area contributed by atoms with Crippen LogP contribution in [0.2, 0.25) is 0 Å². The van der Waals surface area contributed by atoms with Crippen LogP contribution in [0.5, 0.6) is 5.75 Å². The van der Waals surface area contributed by atoms with Gasteiger partial charge in [0, 0.05) is 12.6 Å². The molecule has 2 heteroatoms. The molecule has 0 bridgehead atoms. The van der Waals surface area contributed by atoms with Gasteiger partial charge >= 0.3 is 0 Å². The summed E-state index contributed by atoms with van der Waals surface area (Å²) in [5.74, 6) is 0.948. The molecule has 3 rings (SSSR count). The van der Waals surface area contributed by atoms with Crippen molar-refractivity contribution >= 4 is 0 Å². The van der Waals surface area contributed by atoms with Crippen LogP contribution in [-0.4, -0.2) is 31.6 Å². The van der Waals surface area contributed by atoms with E-state index in [0.29, 0.717) is 6.04 Å². The maximum atomic E-state index is 5.25. The van der Waals surface area contributed by atoms with Crippen molar-refractivity contribution in [1.29, 1.82) is 0 Å². The fraction of sp³-hybridized carbons (Fsp3) is 0.556. The summed E-state index contributed by atoms with van der Waals surface area (Å²) in [4.78, 5) is 2.55. The topological polar surface area (TPSA) is 12.5 Å². The first-order valence-corrected chi connectivity index (χ1v) is 7.82. The molecule has 1 aromatic rings. The van der Waals surface area contributed by atoms with Crippen molar-refractivity contribution in [3.8, 4) is 5.75 Å². The summed E-state index contributed by atoms with van der Waals surface area (Å²) in [5, 5.41) is 0. The Kier molecular flexibility index (Phi) is 4.11.